The maximum absolute atomic E-state index is 12.1. The molecular formula is C37H72O5. The Morgan fingerprint density at radius 1 is 0.548 bits per heavy atom. The van der Waals surface area contributed by atoms with Crippen molar-refractivity contribution in [3.8, 4) is 0 Å². The Labute approximate surface area is 261 Å². The van der Waals surface area contributed by atoms with Crippen molar-refractivity contribution in [3.05, 3.63) is 0 Å². The van der Waals surface area contributed by atoms with Crippen LogP contribution in [-0.4, -0.2) is 36.4 Å². The van der Waals surface area contributed by atoms with Crippen LogP contribution in [0.5, 0.6) is 0 Å². The van der Waals surface area contributed by atoms with E-state index >= 15 is 0 Å². The minimum atomic E-state index is -0.761. The number of aliphatic hydroxyl groups excluding tert-OH is 1. The van der Waals surface area contributed by atoms with E-state index in [0.717, 1.165) is 44.4 Å². The molecule has 0 aromatic carbocycles. The molecule has 5 heteroatoms. The van der Waals surface area contributed by atoms with E-state index in [1.807, 2.05) is 0 Å². The van der Waals surface area contributed by atoms with Gasteiger partial charge in [0.25, 0.3) is 0 Å². The summed E-state index contributed by atoms with van der Waals surface area (Å²) in [5.74, 6) is 0.299. The standard InChI is InChI=1S/C37H72O5/c1-4-6-7-8-9-10-11-12-13-14-19-22-25-28-31-37(40)42-35(32-38)33-41-36(39)30-27-24-21-18-16-15-17-20-23-26-29-34(3)5-2/h34-35,38H,4-33H2,1-3H3/t34?,35-/m0/s1. The lowest BCUT2D eigenvalue weighted by atomic mass is 9.99. The van der Waals surface area contributed by atoms with E-state index in [1.165, 1.54) is 128 Å². The van der Waals surface area contributed by atoms with Crippen molar-refractivity contribution in [1.29, 1.82) is 0 Å². The Hall–Kier alpha value is -1.10. The largest absolute Gasteiger partial charge is 0.462 e. The van der Waals surface area contributed by atoms with E-state index in [2.05, 4.69) is 20.8 Å². The smallest absolute Gasteiger partial charge is 0.306 e. The maximum Gasteiger partial charge on any atom is 0.306 e. The Morgan fingerprint density at radius 3 is 1.33 bits per heavy atom. The normalized spacial score (nSPS) is 12.8. The number of rotatable bonds is 33. The van der Waals surface area contributed by atoms with Crippen LogP contribution in [0.2, 0.25) is 0 Å². The Bertz CT molecular complexity index is 579. The molecule has 0 radical (unpaired) electrons. The van der Waals surface area contributed by atoms with E-state index in [9.17, 15) is 14.7 Å². The fraction of sp³-hybridized carbons (Fsp3) is 0.946. The zero-order chi connectivity index (χ0) is 30.9. The zero-order valence-electron chi connectivity index (χ0n) is 28.4. The Kier molecular flexibility index (Phi) is 31.9. The van der Waals surface area contributed by atoms with E-state index in [-0.39, 0.29) is 25.2 Å². The summed E-state index contributed by atoms with van der Waals surface area (Å²) in [6.45, 7) is 6.51. The first-order chi connectivity index (χ1) is 20.5. The van der Waals surface area contributed by atoms with Crippen molar-refractivity contribution in [2.24, 2.45) is 5.92 Å². The number of ether oxygens (including phenoxy) is 2. The molecule has 0 amide bonds. The van der Waals surface area contributed by atoms with Crippen LogP contribution in [0, 0.1) is 5.92 Å². The molecule has 2 atom stereocenters. The van der Waals surface area contributed by atoms with E-state index in [4.69, 9.17) is 9.47 Å². The number of hydrogen-bond donors (Lipinski definition) is 1. The Balaban J connectivity index is 3.53. The molecule has 0 aliphatic carbocycles. The fourth-order valence-corrected chi connectivity index (χ4v) is 5.47. The van der Waals surface area contributed by atoms with E-state index in [1.54, 1.807) is 0 Å². The third-order valence-electron chi connectivity index (χ3n) is 8.69. The van der Waals surface area contributed by atoms with Gasteiger partial charge >= 0.3 is 11.9 Å². The predicted octanol–water partition coefficient (Wildman–Crippen LogP) is 11.0. The summed E-state index contributed by atoms with van der Waals surface area (Å²) >= 11 is 0. The van der Waals surface area contributed by atoms with Gasteiger partial charge < -0.3 is 14.6 Å². The van der Waals surface area contributed by atoms with Gasteiger partial charge in [-0.3, -0.25) is 9.59 Å². The van der Waals surface area contributed by atoms with Crippen molar-refractivity contribution in [2.45, 2.75) is 207 Å². The molecule has 0 rings (SSSR count). The summed E-state index contributed by atoms with van der Waals surface area (Å²) in [5.41, 5.74) is 0. The first-order valence-electron chi connectivity index (χ1n) is 18.5. The molecule has 0 saturated carbocycles. The molecule has 0 aromatic rings. The van der Waals surface area contributed by atoms with Crippen molar-refractivity contribution in [2.75, 3.05) is 13.2 Å². The number of aliphatic hydroxyl groups is 1. The molecule has 42 heavy (non-hydrogen) atoms. The zero-order valence-corrected chi connectivity index (χ0v) is 28.4. The second-order valence-corrected chi connectivity index (χ2v) is 12.9. The fourth-order valence-electron chi connectivity index (χ4n) is 5.47. The molecule has 1 unspecified atom stereocenters. The lowest BCUT2D eigenvalue weighted by Gasteiger charge is -2.15. The van der Waals surface area contributed by atoms with Crippen molar-refractivity contribution >= 4 is 11.9 Å². The van der Waals surface area contributed by atoms with Crippen LogP contribution in [0.4, 0.5) is 0 Å². The van der Waals surface area contributed by atoms with Gasteiger partial charge in [-0.25, -0.2) is 0 Å². The van der Waals surface area contributed by atoms with Gasteiger partial charge in [0.15, 0.2) is 6.10 Å². The van der Waals surface area contributed by atoms with Gasteiger partial charge in [0.05, 0.1) is 6.61 Å². The maximum atomic E-state index is 12.1. The quantitative estimate of drug-likeness (QED) is 0.0602. The molecule has 250 valence electrons. The van der Waals surface area contributed by atoms with Crippen LogP contribution < -0.4 is 0 Å². The summed E-state index contributed by atoms with van der Waals surface area (Å²) in [7, 11) is 0. The number of esters is 2. The van der Waals surface area contributed by atoms with Gasteiger partial charge in [-0.1, -0.05) is 175 Å². The highest BCUT2D eigenvalue weighted by atomic mass is 16.6. The topological polar surface area (TPSA) is 72.8 Å². The van der Waals surface area contributed by atoms with Gasteiger partial charge in [-0.2, -0.15) is 0 Å². The molecule has 5 nitrogen and oxygen atoms in total. The van der Waals surface area contributed by atoms with Crippen LogP contribution in [-0.2, 0) is 19.1 Å². The summed E-state index contributed by atoms with van der Waals surface area (Å²) in [4.78, 5) is 24.2. The summed E-state index contributed by atoms with van der Waals surface area (Å²) in [6.07, 6.45) is 32.9. The highest BCUT2D eigenvalue weighted by Gasteiger charge is 2.16. The molecule has 0 spiro atoms. The van der Waals surface area contributed by atoms with E-state index < -0.39 is 6.10 Å². The van der Waals surface area contributed by atoms with Crippen LogP contribution in [0.15, 0.2) is 0 Å². The van der Waals surface area contributed by atoms with Crippen molar-refractivity contribution in [1.82, 2.24) is 0 Å². The molecule has 0 heterocycles. The third-order valence-corrected chi connectivity index (χ3v) is 8.69. The minimum Gasteiger partial charge on any atom is -0.462 e. The molecule has 0 aliphatic rings. The average Bonchev–Trinajstić information content (AvgIpc) is 2.99. The van der Waals surface area contributed by atoms with Crippen LogP contribution in [0.1, 0.15) is 201 Å². The number of unbranched alkanes of at least 4 members (excludes halogenated alkanes) is 22. The van der Waals surface area contributed by atoms with Crippen LogP contribution in [0.25, 0.3) is 0 Å². The third kappa shape index (κ3) is 30.4. The van der Waals surface area contributed by atoms with Gasteiger partial charge in [-0.05, 0) is 18.8 Å². The molecular weight excluding hydrogens is 524 g/mol. The molecule has 0 saturated heterocycles. The van der Waals surface area contributed by atoms with Gasteiger partial charge in [-0.15, -0.1) is 0 Å². The second kappa shape index (κ2) is 32.8. The first kappa shape index (κ1) is 40.9. The number of carbonyl (C=O) groups excluding carboxylic acids is 2. The van der Waals surface area contributed by atoms with Gasteiger partial charge in [0.1, 0.15) is 6.61 Å². The predicted molar refractivity (Wildman–Crippen MR) is 178 cm³/mol. The monoisotopic (exact) mass is 597 g/mol. The molecule has 0 aromatic heterocycles. The summed E-state index contributed by atoms with van der Waals surface area (Å²) < 4.78 is 10.6. The first-order valence-corrected chi connectivity index (χ1v) is 18.5. The lowest BCUT2D eigenvalue weighted by Crippen LogP contribution is -2.28. The van der Waals surface area contributed by atoms with Crippen LogP contribution in [0.3, 0.4) is 0 Å². The highest BCUT2D eigenvalue weighted by molar-refractivity contribution is 5.70. The highest BCUT2D eigenvalue weighted by Crippen LogP contribution is 2.16. The van der Waals surface area contributed by atoms with Gasteiger partial charge in [0.2, 0.25) is 0 Å². The summed E-state index contributed by atoms with van der Waals surface area (Å²) in [5, 5.41) is 9.52. The van der Waals surface area contributed by atoms with Crippen LogP contribution >= 0.6 is 0 Å². The van der Waals surface area contributed by atoms with Crippen molar-refractivity contribution in [3.63, 3.8) is 0 Å². The average molecular weight is 597 g/mol. The minimum absolute atomic E-state index is 0.0584. The number of carbonyl (C=O) groups is 2. The number of hydrogen-bond acceptors (Lipinski definition) is 5. The molecule has 1 N–H and O–H groups in total. The SMILES string of the molecule is CCCCCCCCCCCCCCCCC(=O)O[C@@H](CO)COC(=O)CCCCCCCCCCCCC(C)CC. The molecule has 0 aliphatic heterocycles. The molecule has 0 fully saturated rings. The van der Waals surface area contributed by atoms with E-state index in [0.29, 0.717) is 12.8 Å². The van der Waals surface area contributed by atoms with Crippen molar-refractivity contribution < 1.29 is 24.2 Å². The molecule has 0 bridgehead atoms. The lowest BCUT2D eigenvalue weighted by molar-refractivity contribution is -0.161. The second-order valence-electron chi connectivity index (χ2n) is 12.9. The van der Waals surface area contributed by atoms with Gasteiger partial charge in [0, 0.05) is 12.8 Å². The summed E-state index contributed by atoms with van der Waals surface area (Å²) in [6, 6.07) is 0. The Morgan fingerprint density at radius 2 is 0.929 bits per heavy atom.